The van der Waals surface area contributed by atoms with Crippen molar-refractivity contribution in [1.29, 1.82) is 0 Å². The highest BCUT2D eigenvalue weighted by Gasteiger charge is 2.20. The van der Waals surface area contributed by atoms with Crippen LogP contribution in [0.3, 0.4) is 0 Å². The summed E-state index contributed by atoms with van der Waals surface area (Å²) < 4.78 is 0. The molecule has 0 saturated carbocycles. The lowest BCUT2D eigenvalue weighted by Crippen LogP contribution is -2.42. The van der Waals surface area contributed by atoms with Crippen LogP contribution < -0.4 is 5.32 Å². The summed E-state index contributed by atoms with van der Waals surface area (Å²) in [7, 11) is 0. The molecule has 3 nitrogen and oxygen atoms in total. The lowest BCUT2D eigenvalue weighted by Gasteiger charge is -2.22. The Morgan fingerprint density at radius 1 is 1.65 bits per heavy atom. The minimum absolute atomic E-state index is 0.000205. The van der Waals surface area contributed by atoms with Gasteiger partial charge in [0.1, 0.15) is 0 Å². The van der Waals surface area contributed by atoms with Crippen LogP contribution in [0.2, 0.25) is 0 Å². The van der Waals surface area contributed by atoms with Gasteiger partial charge in [-0.15, -0.1) is 11.3 Å². The van der Waals surface area contributed by atoms with Crippen molar-refractivity contribution in [3.05, 3.63) is 22.4 Å². The molecule has 0 radical (unpaired) electrons. The molecule has 0 aliphatic carbocycles. The Labute approximate surface area is 111 Å². The summed E-state index contributed by atoms with van der Waals surface area (Å²) in [5.41, 5.74) is -0.821. The first kappa shape index (κ1) is 14.5. The molecule has 1 atom stereocenters. The SMILES string of the molecule is CSCC(C)(O)CNC(=O)CCc1cccs1. The molecule has 0 bridgehead atoms. The Balaban J connectivity index is 2.21. The third kappa shape index (κ3) is 6.10. The highest BCUT2D eigenvalue weighted by Crippen LogP contribution is 2.11. The summed E-state index contributed by atoms with van der Waals surface area (Å²) >= 11 is 3.24. The highest BCUT2D eigenvalue weighted by molar-refractivity contribution is 7.98. The van der Waals surface area contributed by atoms with Crippen LogP contribution in [0, 0.1) is 0 Å². The van der Waals surface area contributed by atoms with Crippen LogP contribution in [0.4, 0.5) is 0 Å². The average molecular weight is 273 g/mol. The molecule has 17 heavy (non-hydrogen) atoms. The van der Waals surface area contributed by atoms with E-state index in [1.54, 1.807) is 30.0 Å². The number of thiophene rings is 1. The molecule has 1 heterocycles. The minimum Gasteiger partial charge on any atom is -0.387 e. The second kappa shape index (κ2) is 7.03. The molecular weight excluding hydrogens is 254 g/mol. The van der Waals surface area contributed by atoms with Crippen molar-refractivity contribution in [2.75, 3.05) is 18.6 Å². The van der Waals surface area contributed by atoms with E-state index >= 15 is 0 Å². The molecule has 0 aliphatic rings. The second-order valence-electron chi connectivity index (χ2n) is 4.29. The van der Waals surface area contributed by atoms with Gasteiger partial charge in [-0.25, -0.2) is 0 Å². The molecular formula is C12H19NO2S2. The molecule has 1 aromatic heterocycles. The smallest absolute Gasteiger partial charge is 0.220 e. The van der Waals surface area contributed by atoms with E-state index in [4.69, 9.17) is 0 Å². The maximum Gasteiger partial charge on any atom is 0.220 e. The lowest BCUT2D eigenvalue weighted by molar-refractivity contribution is -0.122. The standard InChI is InChI=1S/C12H19NO2S2/c1-12(15,9-16-2)8-13-11(14)6-5-10-4-3-7-17-10/h3-4,7,15H,5-6,8-9H2,1-2H3,(H,13,14). The van der Waals surface area contributed by atoms with Crippen molar-refractivity contribution >= 4 is 29.0 Å². The quantitative estimate of drug-likeness (QED) is 0.798. The first-order valence-corrected chi connectivity index (χ1v) is 7.81. The fraction of sp³-hybridized carbons (Fsp3) is 0.583. The van der Waals surface area contributed by atoms with Gasteiger partial charge in [0.15, 0.2) is 0 Å². The third-order valence-electron chi connectivity index (χ3n) is 2.30. The number of aryl methyl sites for hydroxylation is 1. The van der Waals surface area contributed by atoms with Crippen molar-refractivity contribution in [3.8, 4) is 0 Å². The molecule has 96 valence electrons. The van der Waals surface area contributed by atoms with E-state index in [2.05, 4.69) is 5.32 Å². The topological polar surface area (TPSA) is 49.3 Å². The lowest BCUT2D eigenvalue weighted by atomic mass is 10.1. The summed E-state index contributed by atoms with van der Waals surface area (Å²) in [6, 6.07) is 4.02. The monoisotopic (exact) mass is 273 g/mol. The zero-order chi connectivity index (χ0) is 12.7. The minimum atomic E-state index is -0.821. The molecule has 0 aromatic carbocycles. The maximum atomic E-state index is 11.6. The number of hydrogen-bond acceptors (Lipinski definition) is 4. The molecule has 1 rings (SSSR count). The average Bonchev–Trinajstić information content (AvgIpc) is 2.76. The first-order chi connectivity index (χ1) is 8.03. The molecule has 0 fully saturated rings. The van der Waals surface area contributed by atoms with Gasteiger partial charge in [-0.2, -0.15) is 11.8 Å². The number of hydrogen-bond donors (Lipinski definition) is 2. The van der Waals surface area contributed by atoms with E-state index in [0.29, 0.717) is 18.7 Å². The Bertz CT molecular complexity index is 336. The van der Waals surface area contributed by atoms with Gasteiger partial charge in [-0.1, -0.05) is 6.07 Å². The summed E-state index contributed by atoms with van der Waals surface area (Å²) in [6.07, 6.45) is 3.19. The molecule has 0 saturated heterocycles. The number of carbonyl (C=O) groups is 1. The number of rotatable bonds is 7. The number of aliphatic hydroxyl groups is 1. The van der Waals surface area contributed by atoms with Gasteiger partial charge >= 0.3 is 0 Å². The van der Waals surface area contributed by atoms with Crippen molar-refractivity contribution in [2.45, 2.75) is 25.4 Å². The fourth-order valence-corrected chi connectivity index (χ4v) is 2.86. The molecule has 1 aromatic rings. The van der Waals surface area contributed by atoms with Crippen LogP contribution in [0.5, 0.6) is 0 Å². The van der Waals surface area contributed by atoms with Crippen LogP contribution in [0.1, 0.15) is 18.2 Å². The molecule has 2 N–H and O–H groups in total. The van der Waals surface area contributed by atoms with E-state index in [0.717, 1.165) is 6.42 Å². The number of thioether (sulfide) groups is 1. The molecule has 1 unspecified atom stereocenters. The van der Waals surface area contributed by atoms with Crippen LogP contribution in [-0.4, -0.2) is 35.2 Å². The Morgan fingerprint density at radius 2 is 2.41 bits per heavy atom. The summed E-state index contributed by atoms with van der Waals surface area (Å²) in [5, 5.41) is 14.7. The number of amides is 1. The predicted octanol–water partition coefficient (Wildman–Crippen LogP) is 1.91. The number of carbonyl (C=O) groups excluding carboxylic acids is 1. The third-order valence-corrected chi connectivity index (χ3v) is 4.15. The van der Waals surface area contributed by atoms with Gasteiger partial charge in [0.2, 0.25) is 5.91 Å². The highest BCUT2D eigenvalue weighted by atomic mass is 32.2. The van der Waals surface area contributed by atoms with Crippen LogP contribution in [0.25, 0.3) is 0 Å². The van der Waals surface area contributed by atoms with E-state index in [9.17, 15) is 9.90 Å². The zero-order valence-electron chi connectivity index (χ0n) is 10.2. The van der Waals surface area contributed by atoms with Crippen molar-refractivity contribution in [1.82, 2.24) is 5.32 Å². The largest absolute Gasteiger partial charge is 0.387 e. The van der Waals surface area contributed by atoms with Gasteiger partial charge in [-0.05, 0) is 31.0 Å². The number of nitrogens with one attached hydrogen (secondary N) is 1. The fourth-order valence-electron chi connectivity index (χ4n) is 1.43. The second-order valence-corrected chi connectivity index (χ2v) is 6.18. The molecule has 5 heteroatoms. The van der Waals surface area contributed by atoms with Crippen molar-refractivity contribution < 1.29 is 9.90 Å². The van der Waals surface area contributed by atoms with E-state index in [-0.39, 0.29) is 5.91 Å². The summed E-state index contributed by atoms with van der Waals surface area (Å²) in [4.78, 5) is 12.8. The Kier molecular flexibility index (Phi) is 6.02. The molecule has 1 amide bonds. The predicted molar refractivity (Wildman–Crippen MR) is 74.7 cm³/mol. The Hall–Kier alpha value is -0.520. The van der Waals surface area contributed by atoms with Crippen molar-refractivity contribution in [3.63, 3.8) is 0 Å². The normalized spacial score (nSPS) is 14.3. The molecule has 0 spiro atoms. The van der Waals surface area contributed by atoms with E-state index in [1.807, 2.05) is 23.8 Å². The Morgan fingerprint density at radius 3 is 3.00 bits per heavy atom. The zero-order valence-corrected chi connectivity index (χ0v) is 11.9. The van der Waals surface area contributed by atoms with Crippen LogP contribution >= 0.6 is 23.1 Å². The molecule has 0 aliphatic heterocycles. The summed E-state index contributed by atoms with van der Waals surface area (Å²) in [6.45, 7) is 2.06. The van der Waals surface area contributed by atoms with Gasteiger partial charge in [0, 0.05) is 23.6 Å². The first-order valence-electron chi connectivity index (χ1n) is 5.54. The van der Waals surface area contributed by atoms with Gasteiger partial charge in [0.25, 0.3) is 0 Å². The summed E-state index contributed by atoms with van der Waals surface area (Å²) in [5.74, 6) is 0.623. The van der Waals surface area contributed by atoms with Crippen LogP contribution in [0.15, 0.2) is 17.5 Å². The van der Waals surface area contributed by atoms with E-state index in [1.165, 1.54) is 4.88 Å². The van der Waals surface area contributed by atoms with Crippen molar-refractivity contribution in [2.24, 2.45) is 0 Å². The van der Waals surface area contributed by atoms with E-state index < -0.39 is 5.60 Å². The van der Waals surface area contributed by atoms with Gasteiger partial charge < -0.3 is 10.4 Å². The van der Waals surface area contributed by atoms with Crippen LogP contribution in [-0.2, 0) is 11.2 Å². The van der Waals surface area contributed by atoms with Gasteiger partial charge in [-0.3, -0.25) is 4.79 Å². The van der Waals surface area contributed by atoms with Gasteiger partial charge in [0.05, 0.1) is 5.60 Å². The maximum absolute atomic E-state index is 11.6.